The molecule has 0 saturated carbocycles. The number of anilines is 4. The lowest BCUT2D eigenvalue weighted by atomic mass is 10.1. The third-order valence-electron chi connectivity index (χ3n) is 5.66. The number of nitrogens with zero attached hydrogens (tertiary/aromatic N) is 3. The second-order valence-corrected chi connectivity index (χ2v) is 7.91. The van der Waals surface area contributed by atoms with Crippen LogP contribution in [0.3, 0.4) is 0 Å². The standard InChI is InChI=1S/C21H27F3N6/c22-21(23,24)18-14-27-20(29-19(18)26-13-15-8-9-25-12-15)28-16-4-6-17(7-5-16)30-10-2-1-3-11-30/h4-7,14-15,25H,1-3,8-13H2,(H2,26,27,28,29). The normalized spacial score (nSPS) is 19.7. The van der Waals surface area contributed by atoms with Crippen molar-refractivity contribution in [3.63, 3.8) is 0 Å². The Labute approximate surface area is 174 Å². The van der Waals surface area contributed by atoms with Gasteiger partial charge in [-0.05, 0) is 69.0 Å². The van der Waals surface area contributed by atoms with Crippen molar-refractivity contribution in [3.8, 4) is 0 Å². The van der Waals surface area contributed by atoms with Crippen LogP contribution in [0.25, 0.3) is 0 Å². The van der Waals surface area contributed by atoms with Gasteiger partial charge < -0.3 is 20.9 Å². The fraction of sp³-hybridized carbons (Fsp3) is 0.524. The SMILES string of the molecule is FC(F)(F)c1cnc(Nc2ccc(N3CCCCC3)cc2)nc1NCC1CCNC1. The van der Waals surface area contributed by atoms with Crippen molar-refractivity contribution in [3.05, 3.63) is 36.0 Å². The Hall–Kier alpha value is -2.55. The van der Waals surface area contributed by atoms with Crippen molar-refractivity contribution < 1.29 is 13.2 Å². The smallest absolute Gasteiger partial charge is 0.372 e. The molecule has 1 aromatic carbocycles. The molecular formula is C21H27F3N6. The second kappa shape index (κ2) is 9.07. The van der Waals surface area contributed by atoms with Crippen LogP contribution in [0.2, 0.25) is 0 Å². The van der Waals surface area contributed by atoms with Gasteiger partial charge in [-0.1, -0.05) is 0 Å². The highest BCUT2D eigenvalue weighted by Crippen LogP contribution is 2.34. The Bertz CT molecular complexity index is 828. The van der Waals surface area contributed by atoms with Crippen LogP contribution >= 0.6 is 0 Å². The highest BCUT2D eigenvalue weighted by molar-refractivity contribution is 5.61. The molecule has 3 N–H and O–H groups in total. The number of aromatic nitrogens is 2. The van der Waals surface area contributed by atoms with Gasteiger partial charge in [0.2, 0.25) is 5.95 Å². The van der Waals surface area contributed by atoms with Crippen molar-refractivity contribution in [1.82, 2.24) is 15.3 Å². The molecule has 3 heterocycles. The van der Waals surface area contributed by atoms with Crippen LogP contribution in [0, 0.1) is 5.92 Å². The number of alkyl halides is 3. The monoisotopic (exact) mass is 420 g/mol. The van der Waals surface area contributed by atoms with Gasteiger partial charge in [-0.3, -0.25) is 0 Å². The average Bonchev–Trinajstić information content (AvgIpc) is 3.26. The molecule has 1 atom stereocenters. The van der Waals surface area contributed by atoms with E-state index in [-0.39, 0.29) is 11.8 Å². The summed E-state index contributed by atoms with van der Waals surface area (Å²) in [6.45, 7) is 4.24. The van der Waals surface area contributed by atoms with Gasteiger partial charge in [0.05, 0.1) is 0 Å². The highest BCUT2D eigenvalue weighted by Gasteiger charge is 2.35. The van der Waals surface area contributed by atoms with E-state index in [1.165, 1.54) is 19.3 Å². The number of hydrogen-bond acceptors (Lipinski definition) is 6. The third-order valence-corrected chi connectivity index (χ3v) is 5.66. The molecular weight excluding hydrogens is 393 g/mol. The summed E-state index contributed by atoms with van der Waals surface area (Å²) in [5, 5.41) is 9.12. The highest BCUT2D eigenvalue weighted by atomic mass is 19.4. The van der Waals surface area contributed by atoms with Gasteiger partial charge in [0, 0.05) is 37.2 Å². The van der Waals surface area contributed by atoms with Crippen molar-refractivity contribution in [2.75, 3.05) is 48.3 Å². The molecule has 0 spiro atoms. The first-order chi connectivity index (χ1) is 14.5. The summed E-state index contributed by atoms with van der Waals surface area (Å²) >= 11 is 0. The Morgan fingerprint density at radius 2 is 1.87 bits per heavy atom. The Kier molecular flexibility index (Phi) is 6.26. The number of hydrogen-bond donors (Lipinski definition) is 3. The number of benzene rings is 1. The topological polar surface area (TPSA) is 65.1 Å². The fourth-order valence-electron chi connectivity index (χ4n) is 3.95. The van der Waals surface area contributed by atoms with Gasteiger partial charge in [-0.15, -0.1) is 0 Å². The maximum Gasteiger partial charge on any atom is 0.421 e. The largest absolute Gasteiger partial charge is 0.421 e. The number of piperidine rings is 1. The molecule has 0 radical (unpaired) electrons. The molecule has 2 fully saturated rings. The van der Waals surface area contributed by atoms with Gasteiger partial charge in [0.15, 0.2) is 0 Å². The first-order valence-electron chi connectivity index (χ1n) is 10.5. The first-order valence-corrected chi connectivity index (χ1v) is 10.5. The van der Waals surface area contributed by atoms with Crippen LogP contribution in [0.5, 0.6) is 0 Å². The summed E-state index contributed by atoms with van der Waals surface area (Å²) in [4.78, 5) is 10.4. The van der Waals surface area contributed by atoms with Gasteiger partial charge in [0.25, 0.3) is 0 Å². The molecule has 0 amide bonds. The predicted molar refractivity (Wildman–Crippen MR) is 112 cm³/mol. The molecule has 1 unspecified atom stereocenters. The van der Waals surface area contributed by atoms with Gasteiger partial charge in [-0.25, -0.2) is 4.98 Å². The summed E-state index contributed by atoms with van der Waals surface area (Å²) in [6, 6.07) is 7.85. The van der Waals surface area contributed by atoms with Crippen LogP contribution in [0.1, 0.15) is 31.2 Å². The van der Waals surface area contributed by atoms with E-state index in [2.05, 4.69) is 30.8 Å². The molecule has 0 aliphatic carbocycles. The zero-order chi connectivity index (χ0) is 21.0. The fourth-order valence-corrected chi connectivity index (χ4v) is 3.95. The number of nitrogens with one attached hydrogen (secondary N) is 3. The molecule has 2 saturated heterocycles. The molecule has 0 bridgehead atoms. The molecule has 30 heavy (non-hydrogen) atoms. The lowest BCUT2D eigenvalue weighted by molar-refractivity contribution is -0.137. The molecule has 2 aliphatic heterocycles. The van der Waals surface area contributed by atoms with Crippen molar-refractivity contribution >= 4 is 23.1 Å². The second-order valence-electron chi connectivity index (χ2n) is 7.91. The Morgan fingerprint density at radius 1 is 1.10 bits per heavy atom. The van der Waals surface area contributed by atoms with Crippen LogP contribution in [0.15, 0.2) is 30.5 Å². The first kappa shape index (κ1) is 20.7. The summed E-state index contributed by atoms with van der Waals surface area (Å²) in [5.41, 5.74) is 1.04. The maximum absolute atomic E-state index is 13.4. The molecule has 9 heteroatoms. The van der Waals surface area contributed by atoms with E-state index in [9.17, 15) is 13.2 Å². The summed E-state index contributed by atoms with van der Waals surface area (Å²) < 4.78 is 40.1. The molecule has 4 rings (SSSR count). The van der Waals surface area contributed by atoms with Crippen LogP contribution in [-0.4, -0.2) is 42.7 Å². The van der Waals surface area contributed by atoms with Crippen LogP contribution < -0.4 is 20.9 Å². The van der Waals surface area contributed by atoms with Crippen molar-refractivity contribution in [2.45, 2.75) is 31.9 Å². The minimum absolute atomic E-state index is 0.140. The minimum Gasteiger partial charge on any atom is -0.372 e. The minimum atomic E-state index is -4.51. The van der Waals surface area contributed by atoms with Crippen LogP contribution in [-0.2, 0) is 6.18 Å². The van der Waals surface area contributed by atoms with E-state index in [0.717, 1.165) is 50.2 Å². The quantitative estimate of drug-likeness (QED) is 0.649. The molecule has 162 valence electrons. The molecule has 1 aromatic heterocycles. The summed E-state index contributed by atoms with van der Waals surface area (Å²) in [7, 11) is 0. The van der Waals surface area contributed by atoms with Crippen molar-refractivity contribution in [1.29, 1.82) is 0 Å². The maximum atomic E-state index is 13.4. The van der Waals surface area contributed by atoms with Gasteiger partial charge in [-0.2, -0.15) is 18.2 Å². The van der Waals surface area contributed by atoms with E-state index in [1.54, 1.807) is 0 Å². The summed E-state index contributed by atoms with van der Waals surface area (Å²) in [6.07, 6.45) is 0.943. The van der Waals surface area contributed by atoms with E-state index in [1.807, 2.05) is 24.3 Å². The van der Waals surface area contributed by atoms with Crippen molar-refractivity contribution in [2.24, 2.45) is 5.92 Å². The summed E-state index contributed by atoms with van der Waals surface area (Å²) in [5.74, 6) is 0.248. The molecule has 6 nitrogen and oxygen atoms in total. The Balaban J connectivity index is 1.47. The zero-order valence-corrected chi connectivity index (χ0v) is 16.8. The third kappa shape index (κ3) is 5.13. The molecule has 2 aliphatic rings. The predicted octanol–water partition coefficient (Wildman–Crippen LogP) is 4.25. The lowest BCUT2D eigenvalue weighted by Gasteiger charge is -2.28. The van der Waals surface area contributed by atoms with E-state index >= 15 is 0 Å². The van der Waals surface area contributed by atoms with Gasteiger partial charge in [0.1, 0.15) is 11.4 Å². The molecule has 2 aromatic rings. The van der Waals surface area contributed by atoms with E-state index < -0.39 is 11.7 Å². The van der Waals surface area contributed by atoms with E-state index in [4.69, 9.17) is 0 Å². The van der Waals surface area contributed by atoms with Gasteiger partial charge >= 0.3 is 6.18 Å². The Morgan fingerprint density at radius 3 is 2.53 bits per heavy atom. The number of rotatable bonds is 6. The number of halogens is 3. The average molecular weight is 420 g/mol. The zero-order valence-electron chi connectivity index (χ0n) is 16.8. The van der Waals surface area contributed by atoms with E-state index in [0.29, 0.717) is 12.5 Å². The lowest BCUT2D eigenvalue weighted by Crippen LogP contribution is -2.29. The van der Waals surface area contributed by atoms with Crippen LogP contribution in [0.4, 0.5) is 36.3 Å².